The fourth-order valence-corrected chi connectivity index (χ4v) is 8.32. The van der Waals surface area contributed by atoms with Crippen molar-refractivity contribution in [1.82, 2.24) is 5.32 Å². The summed E-state index contributed by atoms with van der Waals surface area (Å²) in [6.45, 7) is 4.01. The van der Waals surface area contributed by atoms with Gasteiger partial charge in [0.05, 0.1) is 18.8 Å². The highest BCUT2D eigenvalue weighted by molar-refractivity contribution is 5.80. The van der Waals surface area contributed by atoms with E-state index < -0.39 is 36.9 Å². The van der Waals surface area contributed by atoms with Crippen molar-refractivity contribution in [2.24, 2.45) is 0 Å². The van der Waals surface area contributed by atoms with Gasteiger partial charge in [0.1, 0.15) is 12.2 Å². The minimum absolute atomic E-state index is 0.364. The molecule has 1 amide bonds. The number of rotatable bonds is 49. The van der Waals surface area contributed by atoms with Crippen LogP contribution in [0.2, 0.25) is 0 Å². The van der Waals surface area contributed by atoms with Gasteiger partial charge in [-0.25, -0.2) is 0 Å². The summed E-state index contributed by atoms with van der Waals surface area (Å²) in [5, 5.41) is 43.5. The minimum Gasteiger partial charge on any atom is -0.394 e. The van der Waals surface area contributed by atoms with Crippen LogP contribution in [0.15, 0.2) is 36.5 Å². The predicted molar refractivity (Wildman–Crippen MR) is 265 cm³/mol. The summed E-state index contributed by atoms with van der Waals surface area (Å²) >= 11 is 0. The Bertz CT molecular complexity index is 966. The second-order valence-corrected chi connectivity index (χ2v) is 18.6. The first-order valence-electron chi connectivity index (χ1n) is 26.9. The van der Waals surface area contributed by atoms with Gasteiger partial charge in [0.2, 0.25) is 5.91 Å². The van der Waals surface area contributed by atoms with E-state index in [1.807, 2.05) is 0 Å². The van der Waals surface area contributed by atoms with Gasteiger partial charge in [0.15, 0.2) is 0 Å². The van der Waals surface area contributed by atoms with Crippen LogP contribution in [-0.4, -0.2) is 57.3 Å². The van der Waals surface area contributed by atoms with E-state index in [-0.39, 0.29) is 0 Å². The smallest absolute Gasteiger partial charge is 0.249 e. The summed E-state index contributed by atoms with van der Waals surface area (Å²) in [4.78, 5) is 12.5. The first-order valence-corrected chi connectivity index (χ1v) is 26.9. The SMILES string of the molecule is CCCCCC/C=C/CCCC(O)C(O)C(CO)NC(=O)C(O)CCCCCCCCCCCCCCCCCC/C=C\C/C=C\CCCCCCCCCCCCCCC. The molecule has 0 saturated heterocycles. The van der Waals surface area contributed by atoms with Crippen molar-refractivity contribution < 1.29 is 25.2 Å². The Morgan fingerprint density at radius 1 is 0.410 bits per heavy atom. The fraction of sp³-hybridized carbons (Fsp3) is 0.873. The number of amides is 1. The summed E-state index contributed by atoms with van der Waals surface area (Å²) in [7, 11) is 0. The van der Waals surface area contributed by atoms with E-state index >= 15 is 0 Å². The van der Waals surface area contributed by atoms with Crippen LogP contribution < -0.4 is 5.32 Å². The van der Waals surface area contributed by atoms with Gasteiger partial charge in [0, 0.05) is 0 Å². The number of carbonyl (C=O) groups is 1. The summed E-state index contributed by atoms with van der Waals surface area (Å²) in [6, 6.07) is -0.999. The zero-order chi connectivity index (χ0) is 44.5. The zero-order valence-corrected chi connectivity index (χ0v) is 40.7. The molecule has 0 aromatic rings. The van der Waals surface area contributed by atoms with Crippen molar-refractivity contribution in [2.75, 3.05) is 6.61 Å². The molecule has 0 spiro atoms. The number of carbonyl (C=O) groups excluding carboxylic acids is 1. The molecule has 6 heteroatoms. The average Bonchev–Trinajstić information content (AvgIpc) is 3.26. The number of hydrogen-bond donors (Lipinski definition) is 5. The van der Waals surface area contributed by atoms with E-state index in [0.29, 0.717) is 12.8 Å². The lowest BCUT2D eigenvalue weighted by Gasteiger charge is -2.27. The van der Waals surface area contributed by atoms with E-state index in [2.05, 4.69) is 55.6 Å². The van der Waals surface area contributed by atoms with E-state index in [9.17, 15) is 25.2 Å². The van der Waals surface area contributed by atoms with Crippen molar-refractivity contribution in [1.29, 1.82) is 0 Å². The van der Waals surface area contributed by atoms with Gasteiger partial charge in [-0.2, -0.15) is 0 Å². The second kappa shape index (κ2) is 49.5. The van der Waals surface area contributed by atoms with Gasteiger partial charge in [0.25, 0.3) is 0 Å². The molecule has 360 valence electrons. The first kappa shape index (κ1) is 59.5. The van der Waals surface area contributed by atoms with Crippen LogP contribution in [0, 0.1) is 0 Å². The quantitative estimate of drug-likeness (QED) is 0.0309. The number of unbranched alkanes of at least 4 members (excludes halogenated alkanes) is 34. The van der Waals surface area contributed by atoms with E-state index in [1.165, 1.54) is 205 Å². The molecule has 0 radical (unpaired) electrons. The number of hydrogen-bond acceptors (Lipinski definition) is 5. The molecule has 0 bridgehead atoms. The van der Waals surface area contributed by atoms with E-state index in [1.54, 1.807) is 0 Å². The summed E-state index contributed by atoms with van der Waals surface area (Å²) in [6.07, 6.45) is 61.0. The molecule has 0 aliphatic rings. The van der Waals surface area contributed by atoms with Crippen molar-refractivity contribution in [3.63, 3.8) is 0 Å². The molecule has 0 fully saturated rings. The summed E-state index contributed by atoms with van der Waals surface area (Å²) in [5.41, 5.74) is 0. The van der Waals surface area contributed by atoms with Crippen LogP contribution in [-0.2, 0) is 4.79 Å². The fourth-order valence-electron chi connectivity index (χ4n) is 8.32. The third-order valence-electron chi connectivity index (χ3n) is 12.6. The van der Waals surface area contributed by atoms with Gasteiger partial charge >= 0.3 is 0 Å². The largest absolute Gasteiger partial charge is 0.394 e. The standard InChI is InChI=1S/C55H105NO5/c1-3-5-7-9-11-13-14-15-16-17-18-19-20-21-22-23-24-25-26-27-28-29-30-31-32-33-34-35-36-37-38-39-41-43-45-47-49-53(59)55(61)56-51(50-57)54(60)52(58)48-46-44-42-40-12-10-8-6-4-2/h22-23,25-26,40,42,51-54,57-60H,3-21,24,27-39,41,43-50H2,1-2H3,(H,56,61)/b23-22-,26-25-,42-40+. The lowest BCUT2D eigenvalue weighted by Crippen LogP contribution is -2.53. The lowest BCUT2D eigenvalue weighted by atomic mass is 10.00. The molecule has 5 N–H and O–H groups in total. The number of aliphatic hydroxyl groups is 4. The maximum Gasteiger partial charge on any atom is 0.249 e. The van der Waals surface area contributed by atoms with Gasteiger partial charge in [-0.05, 0) is 70.6 Å². The van der Waals surface area contributed by atoms with Crippen molar-refractivity contribution in [3.8, 4) is 0 Å². The van der Waals surface area contributed by atoms with E-state index in [0.717, 1.165) is 44.9 Å². The van der Waals surface area contributed by atoms with E-state index in [4.69, 9.17) is 0 Å². The van der Waals surface area contributed by atoms with Crippen LogP contribution in [0.4, 0.5) is 0 Å². The highest BCUT2D eigenvalue weighted by atomic mass is 16.3. The van der Waals surface area contributed by atoms with Gasteiger partial charge in [-0.15, -0.1) is 0 Å². The van der Waals surface area contributed by atoms with Gasteiger partial charge in [-0.1, -0.05) is 243 Å². The van der Waals surface area contributed by atoms with Crippen molar-refractivity contribution >= 4 is 5.91 Å². The Hall–Kier alpha value is -1.47. The molecule has 0 aliphatic heterocycles. The molecular weight excluding hydrogens is 755 g/mol. The highest BCUT2D eigenvalue weighted by Gasteiger charge is 2.28. The molecule has 0 rings (SSSR count). The zero-order valence-electron chi connectivity index (χ0n) is 40.7. The molecule has 0 aromatic heterocycles. The third-order valence-corrected chi connectivity index (χ3v) is 12.6. The maximum absolute atomic E-state index is 12.5. The highest BCUT2D eigenvalue weighted by Crippen LogP contribution is 2.17. The Morgan fingerprint density at radius 3 is 1.10 bits per heavy atom. The number of aliphatic hydroxyl groups excluding tert-OH is 4. The molecule has 0 saturated carbocycles. The predicted octanol–water partition coefficient (Wildman–Crippen LogP) is 15.2. The molecule has 0 aromatic carbocycles. The normalized spacial score (nSPS) is 14.1. The Morgan fingerprint density at radius 2 is 0.721 bits per heavy atom. The average molecular weight is 860 g/mol. The second-order valence-electron chi connectivity index (χ2n) is 18.6. The number of allylic oxidation sites excluding steroid dienone is 6. The van der Waals surface area contributed by atoms with Gasteiger partial charge < -0.3 is 25.7 Å². The molecule has 4 atom stereocenters. The van der Waals surface area contributed by atoms with Crippen molar-refractivity contribution in [2.45, 2.75) is 301 Å². The van der Waals surface area contributed by atoms with Crippen LogP contribution >= 0.6 is 0 Å². The lowest BCUT2D eigenvalue weighted by molar-refractivity contribution is -0.132. The Kier molecular flexibility index (Phi) is 48.3. The van der Waals surface area contributed by atoms with Crippen LogP contribution in [0.25, 0.3) is 0 Å². The van der Waals surface area contributed by atoms with Crippen LogP contribution in [0.1, 0.15) is 277 Å². The molecule has 0 aliphatic carbocycles. The summed E-state index contributed by atoms with van der Waals surface area (Å²) < 4.78 is 0. The molecular formula is C55H105NO5. The molecule has 6 nitrogen and oxygen atoms in total. The minimum atomic E-state index is -1.28. The Balaban J connectivity index is 3.52. The van der Waals surface area contributed by atoms with Crippen LogP contribution in [0.5, 0.6) is 0 Å². The Labute approximate surface area is 379 Å². The third kappa shape index (κ3) is 43.6. The topological polar surface area (TPSA) is 110 Å². The van der Waals surface area contributed by atoms with Crippen molar-refractivity contribution in [3.05, 3.63) is 36.5 Å². The first-order chi connectivity index (χ1) is 30.0. The molecule has 61 heavy (non-hydrogen) atoms. The van der Waals surface area contributed by atoms with Gasteiger partial charge in [-0.3, -0.25) is 4.79 Å². The monoisotopic (exact) mass is 860 g/mol. The summed E-state index contributed by atoms with van der Waals surface area (Å²) in [5.74, 6) is -0.594. The molecule has 0 heterocycles. The van der Waals surface area contributed by atoms with Crippen LogP contribution in [0.3, 0.4) is 0 Å². The number of nitrogens with one attached hydrogen (secondary N) is 1. The maximum atomic E-state index is 12.5. The molecule has 4 unspecified atom stereocenters.